The van der Waals surface area contributed by atoms with Gasteiger partial charge in [-0.25, -0.2) is 4.98 Å². The minimum absolute atomic E-state index is 0.0179. The molecule has 0 aromatic carbocycles. The Morgan fingerprint density at radius 2 is 2.05 bits per heavy atom. The van der Waals surface area contributed by atoms with Gasteiger partial charge in [-0.2, -0.15) is 4.98 Å². The molecule has 2 fully saturated rings. The fraction of sp³-hybridized carbons (Fsp3) is 0.692. The van der Waals surface area contributed by atoms with E-state index in [1.54, 1.807) is 6.92 Å². The van der Waals surface area contributed by atoms with E-state index in [1.807, 2.05) is 4.90 Å². The average molecular weight is 292 g/mol. The molecule has 1 aromatic rings. The molecule has 2 saturated heterocycles. The Labute approximate surface area is 123 Å². The van der Waals surface area contributed by atoms with Gasteiger partial charge in [-0.15, -0.1) is 0 Å². The van der Waals surface area contributed by atoms with Gasteiger partial charge in [-0.3, -0.25) is 15.0 Å². The van der Waals surface area contributed by atoms with E-state index >= 15 is 0 Å². The minimum atomic E-state index is -0.401. The first kappa shape index (κ1) is 14.0. The quantitative estimate of drug-likeness (QED) is 0.639. The Kier molecular flexibility index (Phi) is 3.62. The molecular formula is C13H20N6O2. The number of aromatic nitrogens is 2. The van der Waals surface area contributed by atoms with Gasteiger partial charge in [0.2, 0.25) is 11.8 Å². The highest BCUT2D eigenvalue weighted by Crippen LogP contribution is 2.32. The number of anilines is 2. The molecule has 1 atom stereocenters. The van der Waals surface area contributed by atoms with Crippen LogP contribution in [0.2, 0.25) is 0 Å². The van der Waals surface area contributed by atoms with E-state index in [0.29, 0.717) is 17.6 Å². The predicted molar refractivity (Wildman–Crippen MR) is 79.3 cm³/mol. The fourth-order valence-corrected chi connectivity index (χ4v) is 3.41. The largest absolute Gasteiger partial charge is 0.368 e. The summed E-state index contributed by atoms with van der Waals surface area (Å²) >= 11 is 0. The lowest BCUT2D eigenvalue weighted by atomic mass is 10.2. The average Bonchev–Trinajstić information content (AvgIpc) is 2.74. The van der Waals surface area contributed by atoms with E-state index in [4.69, 9.17) is 5.73 Å². The van der Waals surface area contributed by atoms with Crippen LogP contribution in [-0.2, 0) is 0 Å². The highest BCUT2D eigenvalue weighted by atomic mass is 16.6. The third-order valence-corrected chi connectivity index (χ3v) is 4.34. The number of nitrogen functional groups attached to an aromatic ring is 1. The Hall–Kier alpha value is -1.96. The van der Waals surface area contributed by atoms with Crippen LogP contribution in [0.3, 0.4) is 0 Å². The van der Waals surface area contributed by atoms with Crippen LogP contribution >= 0.6 is 0 Å². The molecule has 8 nitrogen and oxygen atoms in total. The molecule has 0 bridgehead atoms. The zero-order valence-corrected chi connectivity index (χ0v) is 12.2. The van der Waals surface area contributed by atoms with Crippen LogP contribution in [0.4, 0.5) is 17.5 Å². The van der Waals surface area contributed by atoms with Crippen molar-refractivity contribution in [1.82, 2.24) is 14.9 Å². The number of rotatable bonds is 2. The van der Waals surface area contributed by atoms with E-state index in [9.17, 15) is 10.1 Å². The maximum Gasteiger partial charge on any atom is 0.332 e. The topological polar surface area (TPSA) is 101 Å². The van der Waals surface area contributed by atoms with Crippen molar-refractivity contribution in [2.75, 3.05) is 36.8 Å². The molecule has 114 valence electrons. The second kappa shape index (κ2) is 5.44. The van der Waals surface area contributed by atoms with Gasteiger partial charge in [-0.1, -0.05) is 0 Å². The Morgan fingerprint density at radius 1 is 1.29 bits per heavy atom. The molecule has 1 aromatic heterocycles. The molecule has 8 heteroatoms. The van der Waals surface area contributed by atoms with Gasteiger partial charge in [-0.05, 0) is 32.7 Å². The molecule has 21 heavy (non-hydrogen) atoms. The maximum atomic E-state index is 11.4. The first-order valence-corrected chi connectivity index (χ1v) is 7.34. The van der Waals surface area contributed by atoms with Gasteiger partial charge in [0.15, 0.2) is 0 Å². The van der Waals surface area contributed by atoms with Crippen molar-refractivity contribution >= 4 is 17.5 Å². The van der Waals surface area contributed by atoms with Crippen molar-refractivity contribution in [2.45, 2.75) is 32.2 Å². The fourth-order valence-electron chi connectivity index (χ4n) is 3.41. The highest BCUT2D eigenvalue weighted by molar-refractivity contribution is 5.62. The molecule has 3 heterocycles. The van der Waals surface area contributed by atoms with Gasteiger partial charge in [0.25, 0.3) is 0 Å². The summed E-state index contributed by atoms with van der Waals surface area (Å²) in [7, 11) is 0. The lowest BCUT2D eigenvalue weighted by Crippen LogP contribution is -2.37. The zero-order chi connectivity index (χ0) is 15.0. The second-order valence-electron chi connectivity index (χ2n) is 5.73. The van der Waals surface area contributed by atoms with E-state index in [0.717, 1.165) is 39.0 Å². The first-order chi connectivity index (χ1) is 10.1. The lowest BCUT2D eigenvalue weighted by molar-refractivity contribution is -0.385. The molecule has 1 unspecified atom stereocenters. The molecule has 0 aliphatic carbocycles. The molecule has 0 radical (unpaired) electrons. The summed E-state index contributed by atoms with van der Waals surface area (Å²) in [5, 5.41) is 11.4. The van der Waals surface area contributed by atoms with E-state index in [1.165, 1.54) is 6.42 Å². The van der Waals surface area contributed by atoms with Crippen molar-refractivity contribution in [3.05, 3.63) is 15.8 Å². The molecule has 2 aliphatic rings. The standard InChI is InChI=1S/C13H20N6O2/c1-9-11(19(20)21)12(16-13(14)15-9)18-7-3-6-17-5-2-4-10(17)8-18/h10H,2-8H2,1H3,(H2,14,15,16). The molecule has 2 N–H and O–H groups in total. The van der Waals surface area contributed by atoms with Gasteiger partial charge in [0, 0.05) is 25.7 Å². The lowest BCUT2D eigenvalue weighted by Gasteiger charge is -2.26. The van der Waals surface area contributed by atoms with Gasteiger partial charge >= 0.3 is 5.69 Å². The molecule has 0 amide bonds. The van der Waals surface area contributed by atoms with Crippen LogP contribution in [0.5, 0.6) is 0 Å². The molecule has 0 spiro atoms. The van der Waals surface area contributed by atoms with Crippen molar-refractivity contribution in [3.63, 3.8) is 0 Å². The summed E-state index contributed by atoms with van der Waals surface area (Å²) in [6.07, 6.45) is 3.33. The van der Waals surface area contributed by atoms with Crippen LogP contribution in [-0.4, -0.2) is 52.0 Å². The normalized spacial score (nSPS) is 22.9. The second-order valence-corrected chi connectivity index (χ2v) is 5.73. The van der Waals surface area contributed by atoms with Crippen LogP contribution in [0.25, 0.3) is 0 Å². The number of hydrogen-bond donors (Lipinski definition) is 1. The monoisotopic (exact) mass is 292 g/mol. The summed E-state index contributed by atoms with van der Waals surface area (Å²) in [4.78, 5) is 23.5. The third-order valence-electron chi connectivity index (χ3n) is 4.34. The number of hydrogen-bond acceptors (Lipinski definition) is 7. The van der Waals surface area contributed by atoms with Crippen LogP contribution in [0.1, 0.15) is 25.0 Å². The summed E-state index contributed by atoms with van der Waals surface area (Å²) in [5.41, 5.74) is 6.01. The first-order valence-electron chi connectivity index (χ1n) is 7.34. The minimum Gasteiger partial charge on any atom is -0.368 e. The smallest absolute Gasteiger partial charge is 0.332 e. The number of aryl methyl sites for hydroxylation is 1. The summed E-state index contributed by atoms with van der Waals surface area (Å²) in [5.74, 6) is 0.472. The SMILES string of the molecule is Cc1nc(N)nc(N2CCCN3CCCC3C2)c1[N+](=O)[O-]. The van der Waals surface area contributed by atoms with Crippen molar-refractivity contribution in [3.8, 4) is 0 Å². The van der Waals surface area contributed by atoms with E-state index in [-0.39, 0.29) is 11.6 Å². The summed E-state index contributed by atoms with van der Waals surface area (Å²) in [6, 6.07) is 0.462. The van der Waals surface area contributed by atoms with Crippen molar-refractivity contribution in [1.29, 1.82) is 0 Å². The number of nitro groups is 1. The van der Waals surface area contributed by atoms with E-state index in [2.05, 4.69) is 14.9 Å². The Bertz CT molecular complexity index is 564. The number of nitrogens with zero attached hydrogens (tertiary/aromatic N) is 5. The van der Waals surface area contributed by atoms with Gasteiger partial charge < -0.3 is 10.6 Å². The highest BCUT2D eigenvalue weighted by Gasteiger charge is 2.33. The predicted octanol–water partition coefficient (Wildman–Crippen LogP) is 0.950. The summed E-state index contributed by atoms with van der Waals surface area (Å²) < 4.78 is 0. The van der Waals surface area contributed by atoms with E-state index < -0.39 is 4.92 Å². The van der Waals surface area contributed by atoms with Crippen molar-refractivity contribution < 1.29 is 4.92 Å². The Morgan fingerprint density at radius 3 is 2.81 bits per heavy atom. The summed E-state index contributed by atoms with van der Waals surface area (Å²) in [6.45, 7) is 5.33. The van der Waals surface area contributed by atoms with Crippen LogP contribution in [0, 0.1) is 17.0 Å². The maximum absolute atomic E-state index is 11.4. The Balaban J connectivity index is 1.97. The van der Waals surface area contributed by atoms with Crippen LogP contribution in [0.15, 0.2) is 0 Å². The van der Waals surface area contributed by atoms with Crippen molar-refractivity contribution in [2.24, 2.45) is 0 Å². The van der Waals surface area contributed by atoms with Gasteiger partial charge in [0.05, 0.1) is 4.92 Å². The third kappa shape index (κ3) is 2.63. The molecule has 0 saturated carbocycles. The number of fused-ring (bicyclic) bond motifs is 1. The molecular weight excluding hydrogens is 272 g/mol. The molecule has 3 rings (SSSR count). The molecule has 2 aliphatic heterocycles. The zero-order valence-electron chi connectivity index (χ0n) is 12.2. The van der Waals surface area contributed by atoms with Gasteiger partial charge in [0.1, 0.15) is 5.69 Å². The van der Waals surface area contributed by atoms with Crippen LogP contribution < -0.4 is 10.6 Å². The number of nitrogens with two attached hydrogens (primary N) is 1.